The molecule has 0 radical (unpaired) electrons. The number of hydrogen-bond donors (Lipinski definition) is 6. The first-order valence-electron chi connectivity index (χ1n) is 14.7. The lowest BCUT2D eigenvalue weighted by atomic mass is 9.81. The molecule has 1 fully saturated rings. The van der Waals surface area contributed by atoms with Crippen LogP contribution < -0.4 is 11.1 Å². The Hall–Kier alpha value is -2.46. The highest BCUT2D eigenvalue weighted by molar-refractivity contribution is 5.74. The standard InChI is InChI=1S/C32H54N2O7/c1-9-10-12-18(2)27(34-32(33)40)23(7)29(37)20(4)14-11-13-19(3)28(36)21(5)15-16-25(35)17-26-22(6)30(38)24(8)31(39)41-26/h9-13,15-16,18-30,35-38H,1,14,17H2,2-8H3,(H3,33,34,40)/b12-10-,13-11-,16-15-/t18-,19-,20-,21-,22-,23+,24+,25+,26-,27-,28+,29+,30-/m0/s1. The summed E-state index contributed by atoms with van der Waals surface area (Å²) in [5.74, 6) is -2.20. The SMILES string of the molecule is C=C/C=C\[C@H](C)[C@H](NC(N)=O)[C@@H](C)[C@H](O)[C@@H](C)C/C=C\[C@H](C)[C@@H](O)[C@@H](C)/C=C\[C@@H](O)C[C@@H]1OC(=O)[C@H](C)[C@@H](O)[C@H]1C. The van der Waals surface area contributed by atoms with Crippen LogP contribution in [0, 0.1) is 41.4 Å². The average molecular weight is 579 g/mol. The van der Waals surface area contributed by atoms with Crippen molar-refractivity contribution >= 4 is 12.0 Å². The molecule has 1 heterocycles. The van der Waals surface area contributed by atoms with Crippen molar-refractivity contribution in [2.24, 2.45) is 47.2 Å². The topological polar surface area (TPSA) is 162 Å². The molecule has 13 atom stereocenters. The lowest BCUT2D eigenvalue weighted by molar-refractivity contribution is -0.179. The summed E-state index contributed by atoms with van der Waals surface area (Å²) in [5.41, 5.74) is 5.38. The van der Waals surface area contributed by atoms with E-state index in [0.29, 0.717) is 6.42 Å². The monoisotopic (exact) mass is 578 g/mol. The number of primary amides is 1. The van der Waals surface area contributed by atoms with Gasteiger partial charge in [-0.15, -0.1) is 0 Å². The number of ether oxygens (including phenoxy) is 1. The highest BCUT2D eigenvalue weighted by Gasteiger charge is 2.40. The Morgan fingerprint density at radius 2 is 1.61 bits per heavy atom. The van der Waals surface area contributed by atoms with E-state index in [-0.39, 0.29) is 48.0 Å². The molecule has 0 aromatic carbocycles. The molecule has 9 heteroatoms. The Balaban J connectivity index is 2.67. The van der Waals surface area contributed by atoms with E-state index in [9.17, 15) is 30.0 Å². The number of carbonyl (C=O) groups excluding carboxylic acids is 2. The van der Waals surface area contributed by atoms with Gasteiger partial charge in [0.25, 0.3) is 0 Å². The Bertz CT molecular complexity index is 920. The van der Waals surface area contributed by atoms with Crippen molar-refractivity contribution in [3.63, 3.8) is 0 Å². The minimum absolute atomic E-state index is 0.0625. The molecule has 0 aromatic heterocycles. The Morgan fingerprint density at radius 3 is 2.20 bits per heavy atom. The first kappa shape index (κ1) is 36.6. The van der Waals surface area contributed by atoms with E-state index >= 15 is 0 Å². The van der Waals surface area contributed by atoms with E-state index in [0.717, 1.165) is 0 Å². The highest BCUT2D eigenvalue weighted by Crippen LogP contribution is 2.29. The summed E-state index contributed by atoms with van der Waals surface area (Å²) in [4.78, 5) is 23.5. The van der Waals surface area contributed by atoms with Gasteiger partial charge in [0.15, 0.2) is 0 Å². The lowest BCUT2D eigenvalue weighted by Gasteiger charge is -2.36. The number of esters is 1. The van der Waals surface area contributed by atoms with Crippen LogP contribution in [0.3, 0.4) is 0 Å². The molecule has 0 bridgehead atoms. The van der Waals surface area contributed by atoms with Gasteiger partial charge in [0.2, 0.25) is 0 Å². The number of aliphatic hydroxyl groups is 4. The van der Waals surface area contributed by atoms with Crippen LogP contribution in [-0.4, -0.2) is 69.0 Å². The second kappa shape index (κ2) is 17.5. The maximum absolute atomic E-state index is 11.9. The van der Waals surface area contributed by atoms with Gasteiger partial charge in [-0.2, -0.15) is 0 Å². The van der Waals surface area contributed by atoms with Crippen LogP contribution in [0.5, 0.6) is 0 Å². The lowest BCUT2D eigenvalue weighted by Crippen LogP contribution is -2.50. The first-order valence-corrected chi connectivity index (χ1v) is 14.7. The van der Waals surface area contributed by atoms with Crippen LogP contribution in [0.15, 0.2) is 49.1 Å². The van der Waals surface area contributed by atoms with E-state index in [1.807, 2.05) is 52.8 Å². The predicted octanol–water partition coefficient (Wildman–Crippen LogP) is 3.48. The normalized spacial score (nSPS) is 28.4. The molecule has 0 aromatic rings. The fourth-order valence-corrected chi connectivity index (χ4v) is 5.43. The van der Waals surface area contributed by atoms with Crippen LogP contribution >= 0.6 is 0 Å². The summed E-state index contributed by atoms with van der Waals surface area (Å²) < 4.78 is 5.40. The van der Waals surface area contributed by atoms with Gasteiger partial charge in [-0.05, 0) is 25.2 Å². The maximum Gasteiger partial charge on any atom is 0.312 e. The number of urea groups is 1. The van der Waals surface area contributed by atoms with Crippen molar-refractivity contribution < 1.29 is 34.8 Å². The van der Waals surface area contributed by atoms with Crippen LogP contribution in [0.4, 0.5) is 4.79 Å². The van der Waals surface area contributed by atoms with Crippen LogP contribution in [-0.2, 0) is 9.53 Å². The predicted molar refractivity (Wildman–Crippen MR) is 161 cm³/mol. The van der Waals surface area contributed by atoms with Gasteiger partial charge in [0, 0.05) is 36.1 Å². The number of allylic oxidation sites excluding steroid dienone is 3. The van der Waals surface area contributed by atoms with Crippen LogP contribution in [0.25, 0.3) is 0 Å². The molecule has 1 saturated heterocycles. The number of carbonyl (C=O) groups is 2. The van der Waals surface area contributed by atoms with Crippen molar-refractivity contribution in [2.75, 3.05) is 0 Å². The molecule has 0 spiro atoms. The maximum atomic E-state index is 11.9. The van der Waals surface area contributed by atoms with Gasteiger partial charge < -0.3 is 36.2 Å². The van der Waals surface area contributed by atoms with Crippen molar-refractivity contribution in [3.05, 3.63) is 49.1 Å². The van der Waals surface area contributed by atoms with E-state index in [1.54, 1.807) is 38.2 Å². The highest BCUT2D eigenvalue weighted by atomic mass is 16.5. The van der Waals surface area contributed by atoms with Gasteiger partial charge in [0.1, 0.15) is 6.10 Å². The van der Waals surface area contributed by atoms with Gasteiger partial charge in [-0.3, -0.25) is 4.79 Å². The molecular formula is C32H54N2O7. The molecule has 1 rings (SSSR count). The van der Waals surface area contributed by atoms with E-state index in [2.05, 4.69) is 11.9 Å². The molecule has 7 N–H and O–H groups in total. The smallest absolute Gasteiger partial charge is 0.312 e. The van der Waals surface area contributed by atoms with E-state index in [1.165, 1.54) is 0 Å². The summed E-state index contributed by atoms with van der Waals surface area (Å²) in [5, 5.41) is 45.3. The Kier molecular flexibility index (Phi) is 15.6. The molecule has 1 aliphatic heterocycles. The number of cyclic esters (lactones) is 1. The van der Waals surface area contributed by atoms with E-state index < -0.39 is 48.4 Å². The second-order valence-electron chi connectivity index (χ2n) is 12.0. The van der Waals surface area contributed by atoms with E-state index in [4.69, 9.17) is 10.5 Å². The quantitative estimate of drug-likeness (QED) is 0.0928. The van der Waals surface area contributed by atoms with Crippen molar-refractivity contribution in [2.45, 2.75) is 97.9 Å². The number of nitrogens with one attached hydrogen (secondary N) is 1. The number of aliphatic hydroxyl groups excluding tert-OH is 4. The molecule has 0 unspecified atom stereocenters. The van der Waals surface area contributed by atoms with Crippen LogP contribution in [0.1, 0.15) is 61.3 Å². The summed E-state index contributed by atoms with van der Waals surface area (Å²) in [7, 11) is 0. The zero-order chi connectivity index (χ0) is 31.4. The zero-order valence-electron chi connectivity index (χ0n) is 25.8. The van der Waals surface area contributed by atoms with Gasteiger partial charge in [0.05, 0.1) is 30.3 Å². The zero-order valence-corrected chi connectivity index (χ0v) is 25.8. The molecule has 0 saturated carbocycles. The molecule has 234 valence electrons. The fourth-order valence-electron chi connectivity index (χ4n) is 5.43. The van der Waals surface area contributed by atoms with Gasteiger partial charge in [-0.25, -0.2) is 4.79 Å². The molecule has 1 aliphatic rings. The summed E-state index contributed by atoms with van der Waals surface area (Å²) in [6, 6.07) is -0.991. The summed E-state index contributed by atoms with van der Waals surface area (Å²) in [6.07, 6.45) is 9.64. The third-order valence-corrected chi connectivity index (χ3v) is 8.53. The van der Waals surface area contributed by atoms with Crippen molar-refractivity contribution in [1.82, 2.24) is 5.32 Å². The number of amides is 2. The summed E-state index contributed by atoms with van der Waals surface area (Å²) >= 11 is 0. The van der Waals surface area contributed by atoms with Crippen LogP contribution in [0.2, 0.25) is 0 Å². The first-order chi connectivity index (χ1) is 19.1. The Labute approximate surface area is 246 Å². The summed E-state index contributed by atoms with van der Waals surface area (Å²) in [6.45, 7) is 16.6. The third-order valence-electron chi connectivity index (χ3n) is 8.53. The second-order valence-corrected chi connectivity index (χ2v) is 12.0. The largest absolute Gasteiger partial charge is 0.462 e. The third kappa shape index (κ3) is 11.4. The number of nitrogens with two attached hydrogens (primary N) is 1. The number of rotatable bonds is 16. The fraction of sp³-hybridized carbons (Fsp3) is 0.688. The molecular weight excluding hydrogens is 524 g/mol. The Morgan fingerprint density at radius 1 is 1.00 bits per heavy atom. The van der Waals surface area contributed by atoms with Gasteiger partial charge in [-0.1, -0.05) is 90.7 Å². The molecule has 9 nitrogen and oxygen atoms in total. The number of hydrogen-bond acceptors (Lipinski definition) is 7. The molecule has 41 heavy (non-hydrogen) atoms. The van der Waals surface area contributed by atoms with Crippen molar-refractivity contribution in [1.29, 1.82) is 0 Å². The van der Waals surface area contributed by atoms with Gasteiger partial charge >= 0.3 is 12.0 Å². The minimum atomic E-state index is -0.886. The van der Waals surface area contributed by atoms with Crippen molar-refractivity contribution in [3.8, 4) is 0 Å². The molecule has 0 aliphatic carbocycles. The average Bonchev–Trinajstić information content (AvgIpc) is 2.93. The minimum Gasteiger partial charge on any atom is -0.462 e. The molecule has 2 amide bonds.